The van der Waals surface area contributed by atoms with Gasteiger partial charge >= 0.3 is 33.3 Å². The molecular formula is C16H20Cl2FeN4. The molecule has 0 N–H and O–H groups in total. The summed E-state index contributed by atoms with van der Waals surface area (Å²) in [6.07, 6.45) is 0. The molecule has 0 aliphatic carbocycles. The van der Waals surface area contributed by atoms with Crippen LogP contribution < -0.4 is 0 Å². The Morgan fingerprint density at radius 3 is 1.26 bits per heavy atom. The molecule has 3 heterocycles. The molecule has 1 aliphatic heterocycles. The molecule has 0 amide bonds. The van der Waals surface area contributed by atoms with Crippen LogP contribution in [0.4, 0.5) is 0 Å². The monoisotopic (exact) mass is 394 g/mol. The Labute approximate surface area is 152 Å². The van der Waals surface area contributed by atoms with Crippen LogP contribution in [-0.2, 0) is 39.3 Å². The molecule has 2 aromatic rings. The first-order chi connectivity index (χ1) is 11.1. The number of rotatable bonds is 0. The zero-order valence-electron chi connectivity index (χ0n) is 13.2. The minimum absolute atomic E-state index is 0.194. The van der Waals surface area contributed by atoms with Gasteiger partial charge in [0, 0.05) is 26.2 Å². The molecule has 7 heteroatoms. The van der Waals surface area contributed by atoms with E-state index in [9.17, 15) is 0 Å². The van der Waals surface area contributed by atoms with E-state index in [1.807, 2.05) is 0 Å². The molecule has 0 saturated heterocycles. The van der Waals surface area contributed by atoms with Gasteiger partial charge in [-0.15, -0.1) is 0 Å². The number of halogens is 2. The molecule has 0 unspecified atom stereocenters. The first-order valence-corrected chi connectivity index (χ1v) is 10.3. The topological polar surface area (TPSA) is 32.3 Å². The SMILES string of the molecule is CN1Cc2cccc(n2)CN(C)Cc2cccc(n2)C1.[Cl][Fe][Cl]. The molecule has 126 valence electrons. The van der Waals surface area contributed by atoms with E-state index in [-0.39, 0.29) is 13.1 Å². The van der Waals surface area contributed by atoms with Crippen LogP contribution in [0.25, 0.3) is 0 Å². The average Bonchev–Trinajstić information content (AvgIpc) is 2.47. The van der Waals surface area contributed by atoms with Crippen LogP contribution >= 0.6 is 20.2 Å². The van der Waals surface area contributed by atoms with Crippen molar-refractivity contribution in [2.24, 2.45) is 0 Å². The van der Waals surface area contributed by atoms with Gasteiger partial charge in [-0.2, -0.15) is 0 Å². The second kappa shape index (κ2) is 9.58. The number of hydrogen-bond donors (Lipinski definition) is 0. The van der Waals surface area contributed by atoms with E-state index in [1.54, 1.807) is 0 Å². The number of hydrogen-bond acceptors (Lipinski definition) is 4. The Morgan fingerprint density at radius 1 is 0.739 bits per heavy atom. The van der Waals surface area contributed by atoms with Crippen LogP contribution in [0.2, 0.25) is 0 Å². The van der Waals surface area contributed by atoms with Gasteiger partial charge in [0.15, 0.2) is 0 Å². The van der Waals surface area contributed by atoms with Crippen LogP contribution in [-0.4, -0.2) is 33.9 Å². The maximum absolute atomic E-state index is 4.76. The van der Waals surface area contributed by atoms with E-state index in [4.69, 9.17) is 30.2 Å². The van der Waals surface area contributed by atoms with Crippen LogP contribution in [0.3, 0.4) is 0 Å². The molecule has 3 rings (SSSR count). The summed E-state index contributed by atoms with van der Waals surface area (Å²) in [4.78, 5) is 14.0. The Bertz CT molecular complexity index is 531. The van der Waals surface area contributed by atoms with Crippen molar-refractivity contribution in [3.63, 3.8) is 0 Å². The second-order valence-electron chi connectivity index (χ2n) is 5.64. The predicted molar refractivity (Wildman–Crippen MR) is 90.5 cm³/mol. The van der Waals surface area contributed by atoms with Gasteiger partial charge in [0.05, 0.1) is 22.8 Å². The van der Waals surface area contributed by atoms with Crippen LogP contribution in [0.5, 0.6) is 0 Å². The molecule has 0 spiro atoms. The third-order valence-corrected chi connectivity index (χ3v) is 3.46. The molecule has 1 aliphatic rings. The Kier molecular flexibility index (Phi) is 7.77. The van der Waals surface area contributed by atoms with E-state index in [0.29, 0.717) is 0 Å². The van der Waals surface area contributed by atoms with Crippen molar-refractivity contribution in [3.8, 4) is 0 Å². The van der Waals surface area contributed by atoms with Gasteiger partial charge in [0.2, 0.25) is 0 Å². The third kappa shape index (κ3) is 6.38. The quantitative estimate of drug-likeness (QED) is 0.640. The fourth-order valence-electron chi connectivity index (χ4n) is 2.63. The van der Waals surface area contributed by atoms with Crippen LogP contribution in [0.1, 0.15) is 22.8 Å². The molecular weight excluding hydrogens is 375 g/mol. The van der Waals surface area contributed by atoms with E-state index in [0.717, 1.165) is 49.0 Å². The van der Waals surface area contributed by atoms with Crippen molar-refractivity contribution >= 4 is 20.2 Å². The number of nitrogens with zero attached hydrogens (tertiary/aromatic N) is 4. The molecule has 0 fully saturated rings. The molecule has 4 bridgehead atoms. The summed E-state index contributed by atoms with van der Waals surface area (Å²) in [6, 6.07) is 12.6. The van der Waals surface area contributed by atoms with Gasteiger partial charge < -0.3 is 0 Å². The summed E-state index contributed by atoms with van der Waals surface area (Å²) in [7, 11) is 13.8. The standard InChI is InChI=1S/C16H20N4.2ClH.Fe/c1-19-9-13-5-3-7-15(17-13)11-20(2)12-16-8-4-6-14(10-19)18-16;;;/h3-8H,9-12H2,1-2H3;2*1H;/q;;;+2/p-2. The van der Waals surface area contributed by atoms with Crippen molar-refractivity contribution < 1.29 is 13.1 Å². The molecule has 0 saturated carbocycles. The summed E-state index contributed by atoms with van der Waals surface area (Å²) in [5.41, 5.74) is 4.48. The molecule has 0 atom stereocenters. The minimum atomic E-state index is 0.194. The van der Waals surface area contributed by atoms with Gasteiger partial charge in [-0.05, 0) is 38.4 Å². The Morgan fingerprint density at radius 2 is 1.00 bits per heavy atom. The molecule has 23 heavy (non-hydrogen) atoms. The number of aromatic nitrogens is 2. The molecule has 2 aromatic heterocycles. The van der Waals surface area contributed by atoms with E-state index in [2.05, 4.69) is 60.3 Å². The van der Waals surface area contributed by atoms with Crippen LogP contribution in [0, 0.1) is 0 Å². The molecule has 4 nitrogen and oxygen atoms in total. The van der Waals surface area contributed by atoms with Crippen LogP contribution in [0.15, 0.2) is 36.4 Å². The van der Waals surface area contributed by atoms with Gasteiger partial charge in [0.1, 0.15) is 0 Å². The Hall–Kier alpha value is -0.681. The van der Waals surface area contributed by atoms with E-state index in [1.165, 1.54) is 0 Å². The maximum atomic E-state index is 4.76. The summed E-state index contributed by atoms with van der Waals surface area (Å²) >= 11 is 0.194. The fraction of sp³-hybridized carbons (Fsp3) is 0.375. The van der Waals surface area contributed by atoms with Gasteiger partial charge in [-0.3, -0.25) is 19.8 Å². The molecule has 0 radical (unpaired) electrons. The summed E-state index contributed by atoms with van der Waals surface area (Å²) in [5, 5.41) is 0. The van der Waals surface area contributed by atoms with Crippen molar-refractivity contribution in [1.82, 2.24) is 19.8 Å². The second-order valence-corrected chi connectivity index (χ2v) is 7.46. The zero-order valence-corrected chi connectivity index (χ0v) is 15.8. The first kappa shape index (κ1) is 18.7. The van der Waals surface area contributed by atoms with E-state index < -0.39 is 0 Å². The fourth-order valence-corrected chi connectivity index (χ4v) is 2.63. The first-order valence-electron chi connectivity index (χ1n) is 7.22. The third-order valence-electron chi connectivity index (χ3n) is 3.46. The van der Waals surface area contributed by atoms with Gasteiger partial charge in [-0.1, -0.05) is 12.1 Å². The van der Waals surface area contributed by atoms with Gasteiger partial charge in [0.25, 0.3) is 0 Å². The summed E-state index contributed by atoms with van der Waals surface area (Å²) in [6.45, 7) is 3.40. The van der Waals surface area contributed by atoms with Gasteiger partial charge in [-0.25, -0.2) is 0 Å². The number of pyridine rings is 2. The summed E-state index contributed by atoms with van der Waals surface area (Å²) in [5.74, 6) is 0. The predicted octanol–water partition coefficient (Wildman–Crippen LogP) is 3.43. The summed E-state index contributed by atoms with van der Waals surface area (Å²) < 4.78 is 0. The Balaban J connectivity index is 0.000000595. The molecule has 0 aromatic carbocycles. The zero-order chi connectivity index (χ0) is 16.7. The van der Waals surface area contributed by atoms with Crippen molar-refractivity contribution in [3.05, 3.63) is 59.2 Å². The van der Waals surface area contributed by atoms with Crippen molar-refractivity contribution in [2.45, 2.75) is 26.2 Å². The number of fused-ring (bicyclic) bond motifs is 4. The van der Waals surface area contributed by atoms with E-state index >= 15 is 0 Å². The van der Waals surface area contributed by atoms with Crippen molar-refractivity contribution in [2.75, 3.05) is 14.1 Å². The van der Waals surface area contributed by atoms with Crippen molar-refractivity contribution in [1.29, 1.82) is 0 Å². The normalized spacial score (nSPS) is 16.0. The average molecular weight is 395 g/mol.